The van der Waals surface area contributed by atoms with E-state index in [0.717, 1.165) is 28.4 Å². The van der Waals surface area contributed by atoms with Crippen molar-refractivity contribution < 1.29 is 0 Å². The number of rotatable bonds is 5. The van der Waals surface area contributed by atoms with E-state index in [9.17, 15) is 0 Å². The van der Waals surface area contributed by atoms with Crippen LogP contribution >= 0.6 is 31.9 Å². The van der Waals surface area contributed by atoms with Gasteiger partial charge in [-0.1, -0.05) is 68.1 Å². The van der Waals surface area contributed by atoms with Crippen molar-refractivity contribution in [3.8, 4) is 0 Å². The fraction of sp³-hybridized carbons (Fsp3) is 0.667. The lowest BCUT2D eigenvalue weighted by Gasteiger charge is -2.36. The summed E-state index contributed by atoms with van der Waals surface area (Å²) in [4.78, 5) is 0. The predicted molar refractivity (Wildman–Crippen MR) is 94.0 cm³/mol. The fourth-order valence-electron chi connectivity index (χ4n) is 4.52. The molecule has 0 nitrogen and oxygen atoms in total. The van der Waals surface area contributed by atoms with Gasteiger partial charge in [0.05, 0.1) is 0 Å². The molecule has 2 aliphatic carbocycles. The molecular formula is C18H24Br2. The lowest BCUT2D eigenvalue weighted by atomic mass is 9.72. The zero-order valence-corrected chi connectivity index (χ0v) is 15.4. The summed E-state index contributed by atoms with van der Waals surface area (Å²) in [7, 11) is 0. The molecule has 2 saturated carbocycles. The van der Waals surface area contributed by atoms with Crippen molar-refractivity contribution in [3.63, 3.8) is 0 Å². The molecule has 3 rings (SSSR count). The van der Waals surface area contributed by atoms with Gasteiger partial charge in [0, 0.05) is 16.1 Å². The molecule has 1 aromatic rings. The lowest BCUT2D eigenvalue weighted by Crippen LogP contribution is -2.34. The van der Waals surface area contributed by atoms with Gasteiger partial charge in [-0.25, -0.2) is 0 Å². The molecule has 2 heteroatoms. The maximum absolute atomic E-state index is 3.82. The monoisotopic (exact) mass is 398 g/mol. The lowest BCUT2D eigenvalue weighted by molar-refractivity contribution is 0.266. The molecular weight excluding hydrogens is 376 g/mol. The first-order chi connectivity index (χ1) is 9.66. The van der Waals surface area contributed by atoms with E-state index in [-0.39, 0.29) is 5.41 Å². The van der Waals surface area contributed by atoms with Gasteiger partial charge >= 0.3 is 0 Å². The molecule has 0 heterocycles. The van der Waals surface area contributed by atoms with E-state index in [1.54, 1.807) is 0 Å². The van der Waals surface area contributed by atoms with E-state index in [2.05, 4.69) is 63.0 Å². The van der Waals surface area contributed by atoms with Crippen LogP contribution in [0.5, 0.6) is 0 Å². The van der Waals surface area contributed by atoms with E-state index < -0.39 is 0 Å². The third kappa shape index (κ3) is 2.75. The van der Waals surface area contributed by atoms with Crippen molar-refractivity contribution in [3.05, 3.63) is 35.4 Å². The van der Waals surface area contributed by atoms with Gasteiger partial charge in [-0.3, -0.25) is 0 Å². The maximum atomic E-state index is 3.82. The van der Waals surface area contributed by atoms with Crippen molar-refractivity contribution in [1.82, 2.24) is 0 Å². The highest BCUT2D eigenvalue weighted by atomic mass is 79.9. The number of halogens is 2. The van der Waals surface area contributed by atoms with Gasteiger partial charge in [-0.15, -0.1) is 0 Å². The van der Waals surface area contributed by atoms with Crippen LogP contribution in [0, 0.1) is 24.7 Å². The first kappa shape index (κ1) is 15.1. The Labute approximate surface area is 140 Å². The van der Waals surface area contributed by atoms with Crippen molar-refractivity contribution in [1.29, 1.82) is 0 Å². The molecule has 20 heavy (non-hydrogen) atoms. The van der Waals surface area contributed by atoms with Crippen LogP contribution < -0.4 is 0 Å². The highest BCUT2D eigenvalue weighted by Crippen LogP contribution is 2.52. The average Bonchev–Trinajstić information content (AvgIpc) is 3.07. The highest BCUT2D eigenvalue weighted by molar-refractivity contribution is 9.09. The molecule has 0 aromatic heterocycles. The summed E-state index contributed by atoms with van der Waals surface area (Å²) in [5.74, 6) is 3.01. The van der Waals surface area contributed by atoms with Gasteiger partial charge in [-0.2, -0.15) is 0 Å². The molecule has 0 amide bonds. The molecule has 110 valence electrons. The Kier molecular flexibility index (Phi) is 4.62. The second-order valence-electron chi connectivity index (χ2n) is 7.06. The number of aryl methyl sites for hydroxylation is 1. The summed E-state index contributed by atoms with van der Waals surface area (Å²) in [6, 6.07) is 9.12. The van der Waals surface area contributed by atoms with Gasteiger partial charge in [0.1, 0.15) is 0 Å². The van der Waals surface area contributed by atoms with Gasteiger partial charge in [0.2, 0.25) is 0 Å². The van der Waals surface area contributed by atoms with E-state index in [1.165, 1.54) is 43.2 Å². The Bertz CT molecular complexity index is 464. The molecule has 3 unspecified atom stereocenters. The molecule has 0 spiro atoms. The molecule has 2 bridgehead atoms. The van der Waals surface area contributed by atoms with Crippen LogP contribution in [0.2, 0.25) is 0 Å². The number of fused-ring (bicyclic) bond motifs is 2. The highest BCUT2D eigenvalue weighted by Gasteiger charge is 2.43. The number of alkyl halides is 2. The second kappa shape index (κ2) is 6.12. The summed E-state index contributed by atoms with van der Waals surface area (Å²) in [6.45, 7) is 2.20. The van der Waals surface area contributed by atoms with E-state index >= 15 is 0 Å². The summed E-state index contributed by atoms with van der Waals surface area (Å²) in [6.07, 6.45) is 7.33. The molecule has 1 aromatic carbocycles. The molecule has 2 fully saturated rings. The molecule has 0 saturated heterocycles. The third-order valence-corrected chi connectivity index (χ3v) is 7.83. The molecule has 3 atom stereocenters. The van der Waals surface area contributed by atoms with Crippen molar-refractivity contribution in [2.75, 3.05) is 10.7 Å². The Morgan fingerprint density at radius 3 is 2.50 bits per heavy atom. The van der Waals surface area contributed by atoms with Gasteiger partial charge in [-0.05, 0) is 55.9 Å². The first-order valence-electron chi connectivity index (χ1n) is 7.86. The van der Waals surface area contributed by atoms with Crippen LogP contribution in [-0.4, -0.2) is 10.7 Å². The summed E-state index contributed by atoms with van der Waals surface area (Å²) in [5, 5.41) is 2.12. The van der Waals surface area contributed by atoms with Crippen LogP contribution in [0.1, 0.15) is 43.2 Å². The predicted octanol–water partition coefficient (Wildman–Crippen LogP) is 5.85. The normalized spacial score (nSPS) is 29.1. The topological polar surface area (TPSA) is 0 Å². The SMILES string of the molecule is Cc1cccc(C(CBr)(CBr)CC2CC3CCC2C3)c1. The minimum absolute atomic E-state index is 0.265. The Morgan fingerprint density at radius 2 is 1.95 bits per heavy atom. The van der Waals surface area contributed by atoms with Crippen molar-refractivity contribution in [2.24, 2.45) is 17.8 Å². The minimum atomic E-state index is 0.265. The van der Waals surface area contributed by atoms with E-state index in [4.69, 9.17) is 0 Å². The Hall–Kier alpha value is 0.180. The Balaban J connectivity index is 1.84. The number of hydrogen-bond donors (Lipinski definition) is 0. The maximum Gasteiger partial charge on any atom is 0.0149 e. The van der Waals surface area contributed by atoms with Crippen LogP contribution in [0.4, 0.5) is 0 Å². The first-order valence-corrected chi connectivity index (χ1v) is 10.1. The second-order valence-corrected chi connectivity index (χ2v) is 8.18. The number of hydrogen-bond acceptors (Lipinski definition) is 0. The van der Waals surface area contributed by atoms with E-state index in [0.29, 0.717) is 0 Å². The van der Waals surface area contributed by atoms with E-state index in [1.807, 2.05) is 0 Å². The van der Waals surface area contributed by atoms with Crippen LogP contribution in [0.3, 0.4) is 0 Å². The fourth-order valence-corrected chi connectivity index (χ4v) is 6.55. The zero-order valence-electron chi connectivity index (χ0n) is 12.2. The van der Waals surface area contributed by atoms with Crippen LogP contribution in [0.25, 0.3) is 0 Å². The van der Waals surface area contributed by atoms with Crippen LogP contribution in [-0.2, 0) is 5.41 Å². The van der Waals surface area contributed by atoms with Crippen LogP contribution in [0.15, 0.2) is 24.3 Å². The molecule has 0 aliphatic heterocycles. The van der Waals surface area contributed by atoms with Crippen molar-refractivity contribution >= 4 is 31.9 Å². The molecule has 0 N–H and O–H groups in total. The summed E-state index contributed by atoms with van der Waals surface area (Å²) >= 11 is 7.65. The van der Waals surface area contributed by atoms with Gasteiger partial charge < -0.3 is 0 Å². The quantitative estimate of drug-likeness (QED) is 0.544. The number of benzene rings is 1. The summed E-state index contributed by atoms with van der Waals surface area (Å²) in [5.41, 5.74) is 3.15. The smallest absolute Gasteiger partial charge is 0.0149 e. The summed E-state index contributed by atoms with van der Waals surface area (Å²) < 4.78 is 0. The largest absolute Gasteiger partial charge is 0.0918 e. The third-order valence-electron chi connectivity index (χ3n) is 5.68. The minimum Gasteiger partial charge on any atom is -0.0918 e. The average molecular weight is 400 g/mol. The van der Waals surface area contributed by atoms with Gasteiger partial charge in [0.15, 0.2) is 0 Å². The van der Waals surface area contributed by atoms with Crippen molar-refractivity contribution in [2.45, 2.75) is 44.4 Å². The molecule has 0 radical (unpaired) electrons. The van der Waals surface area contributed by atoms with Gasteiger partial charge in [0.25, 0.3) is 0 Å². The molecule has 2 aliphatic rings. The Morgan fingerprint density at radius 1 is 1.15 bits per heavy atom. The standard InChI is InChI=1S/C18H24Br2/c1-13-3-2-4-17(7-13)18(11-19,12-20)10-16-9-14-5-6-15(16)8-14/h2-4,7,14-16H,5-6,8-12H2,1H3. The zero-order chi connectivity index (χ0) is 14.2.